The molecule has 0 aromatic carbocycles. The average Bonchev–Trinajstić information content (AvgIpc) is 3.03. The first kappa shape index (κ1) is 9.47. The van der Waals surface area contributed by atoms with Crippen LogP contribution in [0.15, 0.2) is 0 Å². The highest BCUT2D eigenvalue weighted by atomic mass is 16.5. The van der Waals surface area contributed by atoms with Crippen molar-refractivity contribution in [2.75, 3.05) is 26.3 Å². The molecule has 1 aliphatic carbocycles. The quantitative estimate of drug-likeness (QED) is 0.612. The highest BCUT2D eigenvalue weighted by molar-refractivity contribution is 5.88. The average molecular weight is 194 g/mol. The molecule has 0 N–H and O–H groups in total. The summed E-state index contributed by atoms with van der Waals surface area (Å²) >= 11 is 0. The van der Waals surface area contributed by atoms with Crippen LogP contribution >= 0.6 is 0 Å². The first-order chi connectivity index (χ1) is 6.78. The lowest BCUT2D eigenvalue weighted by Crippen LogP contribution is -2.38. The SMILES string of the molecule is N#CC1(C(=O)N2CCCOCC2)CC1. The maximum Gasteiger partial charge on any atom is 0.243 e. The Hall–Kier alpha value is -1.08. The molecule has 0 unspecified atom stereocenters. The first-order valence-corrected chi connectivity index (χ1v) is 5.07. The van der Waals surface area contributed by atoms with Crippen LogP contribution in [-0.4, -0.2) is 37.1 Å². The highest BCUT2D eigenvalue weighted by Crippen LogP contribution is 2.46. The largest absolute Gasteiger partial charge is 0.380 e. The van der Waals surface area contributed by atoms with Gasteiger partial charge in [0.2, 0.25) is 5.91 Å². The van der Waals surface area contributed by atoms with Gasteiger partial charge in [0.05, 0.1) is 12.7 Å². The van der Waals surface area contributed by atoms with Gasteiger partial charge in [-0.2, -0.15) is 5.26 Å². The fourth-order valence-corrected chi connectivity index (χ4v) is 1.75. The van der Waals surface area contributed by atoms with E-state index in [1.54, 1.807) is 4.90 Å². The lowest BCUT2D eigenvalue weighted by atomic mass is 10.1. The molecule has 76 valence electrons. The maximum absolute atomic E-state index is 11.9. The molecule has 0 aromatic heterocycles. The van der Waals surface area contributed by atoms with Crippen molar-refractivity contribution in [3.63, 3.8) is 0 Å². The van der Waals surface area contributed by atoms with E-state index in [2.05, 4.69) is 6.07 Å². The number of nitrogens with zero attached hydrogens (tertiary/aromatic N) is 2. The van der Waals surface area contributed by atoms with E-state index in [9.17, 15) is 4.79 Å². The zero-order valence-corrected chi connectivity index (χ0v) is 8.16. The van der Waals surface area contributed by atoms with Crippen molar-refractivity contribution < 1.29 is 9.53 Å². The van der Waals surface area contributed by atoms with Gasteiger partial charge in [0, 0.05) is 19.7 Å². The van der Waals surface area contributed by atoms with E-state index in [-0.39, 0.29) is 5.91 Å². The van der Waals surface area contributed by atoms with Crippen LogP contribution in [0.25, 0.3) is 0 Å². The summed E-state index contributed by atoms with van der Waals surface area (Å²) in [5, 5.41) is 8.90. The highest BCUT2D eigenvalue weighted by Gasteiger charge is 2.52. The van der Waals surface area contributed by atoms with Crippen LogP contribution in [0.4, 0.5) is 0 Å². The van der Waals surface area contributed by atoms with Crippen molar-refractivity contribution in [1.82, 2.24) is 4.90 Å². The van der Waals surface area contributed by atoms with Gasteiger partial charge in [0.15, 0.2) is 0 Å². The fraction of sp³-hybridized carbons (Fsp3) is 0.800. The van der Waals surface area contributed by atoms with Crippen molar-refractivity contribution in [1.29, 1.82) is 5.26 Å². The molecule has 0 aromatic rings. The van der Waals surface area contributed by atoms with Crippen molar-refractivity contribution in [2.45, 2.75) is 19.3 Å². The van der Waals surface area contributed by atoms with Gasteiger partial charge in [0.1, 0.15) is 5.41 Å². The van der Waals surface area contributed by atoms with Crippen LogP contribution in [-0.2, 0) is 9.53 Å². The van der Waals surface area contributed by atoms with Gasteiger partial charge >= 0.3 is 0 Å². The Morgan fingerprint density at radius 2 is 2.14 bits per heavy atom. The molecule has 4 heteroatoms. The van der Waals surface area contributed by atoms with Crippen LogP contribution in [0, 0.1) is 16.7 Å². The number of nitriles is 1. The number of rotatable bonds is 1. The molecule has 1 aliphatic heterocycles. The van der Waals surface area contributed by atoms with Gasteiger partial charge in [-0.15, -0.1) is 0 Å². The normalized spacial score (nSPS) is 24.9. The molecule has 1 saturated carbocycles. The number of carbonyl (C=O) groups is 1. The van der Waals surface area contributed by atoms with Gasteiger partial charge in [-0.1, -0.05) is 0 Å². The second-order valence-corrected chi connectivity index (χ2v) is 3.95. The van der Waals surface area contributed by atoms with Gasteiger partial charge in [0.25, 0.3) is 0 Å². The minimum Gasteiger partial charge on any atom is -0.380 e. The molecule has 4 nitrogen and oxygen atoms in total. The van der Waals surface area contributed by atoms with E-state index < -0.39 is 5.41 Å². The summed E-state index contributed by atoms with van der Waals surface area (Å²) in [5.41, 5.74) is -0.662. The predicted molar refractivity (Wildman–Crippen MR) is 49.3 cm³/mol. The first-order valence-electron chi connectivity index (χ1n) is 5.07. The summed E-state index contributed by atoms with van der Waals surface area (Å²) in [4.78, 5) is 13.7. The maximum atomic E-state index is 11.9. The minimum atomic E-state index is -0.662. The minimum absolute atomic E-state index is 0.0190. The van der Waals surface area contributed by atoms with Gasteiger partial charge in [-0.3, -0.25) is 4.79 Å². The van der Waals surface area contributed by atoms with Crippen molar-refractivity contribution >= 4 is 5.91 Å². The second-order valence-electron chi connectivity index (χ2n) is 3.95. The number of carbonyl (C=O) groups excluding carboxylic acids is 1. The Bertz CT molecular complexity index is 270. The Labute approximate surface area is 83.4 Å². The van der Waals surface area contributed by atoms with Crippen LogP contribution in [0.2, 0.25) is 0 Å². The molecule has 0 spiro atoms. The van der Waals surface area contributed by atoms with Crippen molar-refractivity contribution in [3.05, 3.63) is 0 Å². The summed E-state index contributed by atoms with van der Waals surface area (Å²) in [6.07, 6.45) is 2.35. The molecule has 2 rings (SSSR count). The predicted octanol–water partition coefficient (Wildman–Crippen LogP) is 0.539. The van der Waals surface area contributed by atoms with Crippen molar-refractivity contribution in [2.24, 2.45) is 5.41 Å². The summed E-state index contributed by atoms with van der Waals surface area (Å²) in [5.74, 6) is 0.0190. The van der Waals surface area contributed by atoms with Crippen LogP contribution in [0.5, 0.6) is 0 Å². The molecule has 1 amide bonds. The summed E-state index contributed by atoms with van der Waals surface area (Å²) in [6.45, 7) is 2.71. The third kappa shape index (κ3) is 1.60. The molecular weight excluding hydrogens is 180 g/mol. The summed E-state index contributed by atoms with van der Waals surface area (Å²) in [6, 6.07) is 2.14. The zero-order valence-electron chi connectivity index (χ0n) is 8.16. The van der Waals surface area contributed by atoms with Gasteiger partial charge in [-0.25, -0.2) is 0 Å². The molecule has 1 heterocycles. The Morgan fingerprint density at radius 3 is 2.79 bits per heavy atom. The Morgan fingerprint density at radius 1 is 1.36 bits per heavy atom. The summed E-state index contributed by atoms with van der Waals surface area (Å²) < 4.78 is 5.26. The third-order valence-corrected chi connectivity index (χ3v) is 2.88. The monoisotopic (exact) mass is 194 g/mol. The lowest BCUT2D eigenvalue weighted by molar-refractivity contribution is -0.135. The fourth-order valence-electron chi connectivity index (χ4n) is 1.75. The van der Waals surface area contributed by atoms with Crippen molar-refractivity contribution in [3.8, 4) is 6.07 Å². The van der Waals surface area contributed by atoms with E-state index in [4.69, 9.17) is 10.00 Å². The standard InChI is InChI=1S/C10H14N2O2/c11-8-10(2-3-10)9(13)12-4-1-6-14-7-5-12/h1-7H2. The smallest absolute Gasteiger partial charge is 0.243 e. The Kier molecular flexibility index (Phi) is 2.42. The van der Waals surface area contributed by atoms with Crippen LogP contribution in [0.3, 0.4) is 0 Å². The van der Waals surface area contributed by atoms with E-state index in [0.29, 0.717) is 13.2 Å². The number of ether oxygens (including phenoxy) is 1. The topological polar surface area (TPSA) is 53.3 Å². The molecule has 0 radical (unpaired) electrons. The van der Waals surface area contributed by atoms with E-state index in [0.717, 1.165) is 32.4 Å². The molecule has 0 atom stereocenters. The number of hydrogen-bond acceptors (Lipinski definition) is 3. The molecule has 14 heavy (non-hydrogen) atoms. The van der Waals surface area contributed by atoms with E-state index >= 15 is 0 Å². The Balaban J connectivity index is 2.00. The molecule has 1 saturated heterocycles. The van der Waals surface area contributed by atoms with E-state index in [1.807, 2.05) is 0 Å². The zero-order chi connectivity index (χ0) is 10.0. The van der Waals surface area contributed by atoms with Crippen LogP contribution in [0.1, 0.15) is 19.3 Å². The lowest BCUT2D eigenvalue weighted by Gasteiger charge is -2.21. The third-order valence-electron chi connectivity index (χ3n) is 2.88. The molecule has 2 fully saturated rings. The molecular formula is C10H14N2O2. The van der Waals surface area contributed by atoms with Crippen LogP contribution < -0.4 is 0 Å². The van der Waals surface area contributed by atoms with Gasteiger partial charge in [-0.05, 0) is 19.3 Å². The number of amides is 1. The molecule has 2 aliphatic rings. The van der Waals surface area contributed by atoms with E-state index in [1.165, 1.54) is 0 Å². The molecule has 0 bridgehead atoms. The van der Waals surface area contributed by atoms with Gasteiger partial charge < -0.3 is 9.64 Å². The number of hydrogen-bond donors (Lipinski definition) is 0. The second kappa shape index (κ2) is 3.58. The summed E-state index contributed by atoms with van der Waals surface area (Å²) in [7, 11) is 0.